The molecule has 0 aliphatic carbocycles. The number of carbonyl (C=O) groups is 2. The minimum atomic E-state index is -0.235. The van der Waals surface area contributed by atoms with Gasteiger partial charge in [-0.05, 0) is 32.8 Å². The number of benzene rings is 1. The summed E-state index contributed by atoms with van der Waals surface area (Å²) >= 11 is 1.44. The lowest BCUT2D eigenvalue weighted by Crippen LogP contribution is -2.39. The van der Waals surface area contributed by atoms with E-state index in [0.29, 0.717) is 31.3 Å². The number of hydrogen-bond acceptors (Lipinski definition) is 5. The summed E-state index contributed by atoms with van der Waals surface area (Å²) in [7, 11) is 0. The number of amides is 2. The second-order valence-corrected chi connectivity index (χ2v) is 7.44. The third kappa shape index (κ3) is 7.11. The first-order valence-electron chi connectivity index (χ1n) is 9.13. The highest BCUT2D eigenvalue weighted by atomic mass is 32.1. The molecule has 146 valence electrons. The Morgan fingerprint density at radius 1 is 1.22 bits per heavy atom. The van der Waals surface area contributed by atoms with E-state index >= 15 is 0 Å². The summed E-state index contributed by atoms with van der Waals surface area (Å²) in [5, 5.41) is 3.37. The van der Waals surface area contributed by atoms with Crippen LogP contribution in [0, 0.1) is 13.8 Å². The number of nitrogens with zero attached hydrogens (tertiary/aromatic N) is 2. The van der Waals surface area contributed by atoms with Crippen LogP contribution >= 0.6 is 11.3 Å². The minimum absolute atomic E-state index is 0.00939. The van der Waals surface area contributed by atoms with Crippen molar-refractivity contribution in [3.05, 3.63) is 46.5 Å². The molecule has 2 amide bonds. The average molecular weight is 390 g/mol. The van der Waals surface area contributed by atoms with Crippen molar-refractivity contribution in [2.24, 2.45) is 0 Å². The number of carbonyl (C=O) groups excluding carboxylic acids is 2. The van der Waals surface area contributed by atoms with Crippen LogP contribution < -0.4 is 5.32 Å². The second kappa shape index (κ2) is 10.8. The Bertz CT molecular complexity index is 727. The monoisotopic (exact) mass is 389 g/mol. The average Bonchev–Trinajstić information content (AvgIpc) is 2.95. The van der Waals surface area contributed by atoms with Gasteiger partial charge in [-0.25, -0.2) is 4.98 Å². The molecule has 0 spiro atoms. The van der Waals surface area contributed by atoms with Crippen LogP contribution in [0.3, 0.4) is 0 Å². The fraction of sp³-hybridized carbons (Fsp3) is 0.450. The maximum atomic E-state index is 12.7. The molecule has 0 aliphatic heterocycles. The molecular weight excluding hydrogens is 362 g/mol. The van der Waals surface area contributed by atoms with Crippen molar-refractivity contribution in [1.82, 2.24) is 9.88 Å². The number of aromatic nitrogens is 1. The van der Waals surface area contributed by atoms with E-state index in [4.69, 9.17) is 4.74 Å². The second-order valence-electron chi connectivity index (χ2n) is 6.24. The van der Waals surface area contributed by atoms with Crippen LogP contribution in [0.15, 0.2) is 30.3 Å². The van der Waals surface area contributed by atoms with E-state index < -0.39 is 0 Å². The molecule has 2 aromatic rings. The van der Waals surface area contributed by atoms with Gasteiger partial charge in [0, 0.05) is 24.6 Å². The van der Waals surface area contributed by atoms with Gasteiger partial charge in [0.2, 0.25) is 11.8 Å². The maximum Gasteiger partial charge on any atom is 0.245 e. The topological polar surface area (TPSA) is 71.5 Å². The molecule has 0 aliphatic rings. The number of rotatable bonds is 10. The molecule has 7 heteroatoms. The number of hydrogen-bond donors (Lipinski definition) is 1. The van der Waals surface area contributed by atoms with Gasteiger partial charge < -0.3 is 15.0 Å². The maximum absolute atomic E-state index is 12.7. The molecule has 0 fully saturated rings. The van der Waals surface area contributed by atoms with E-state index in [-0.39, 0.29) is 24.8 Å². The summed E-state index contributed by atoms with van der Waals surface area (Å²) in [6.45, 7) is 7.50. The molecule has 1 aromatic heterocycles. The Hall–Kier alpha value is -2.25. The molecule has 0 saturated heterocycles. The van der Waals surface area contributed by atoms with E-state index in [1.54, 1.807) is 4.90 Å². The van der Waals surface area contributed by atoms with Crippen LogP contribution in [0.25, 0.3) is 0 Å². The van der Waals surface area contributed by atoms with Crippen molar-refractivity contribution < 1.29 is 14.3 Å². The smallest absolute Gasteiger partial charge is 0.245 e. The van der Waals surface area contributed by atoms with Crippen LogP contribution in [-0.4, -0.2) is 48.0 Å². The molecule has 27 heavy (non-hydrogen) atoms. The van der Waals surface area contributed by atoms with Gasteiger partial charge in [0.15, 0.2) is 5.13 Å². The van der Waals surface area contributed by atoms with Crippen molar-refractivity contribution in [1.29, 1.82) is 0 Å². The predicted molar refractivity (Wildman–Crippen MR) is 108 cm³/mol. The number of ether oxygens (including phenoxy) is 1. The lowest BCUT2D eigenvalue weighted by atomic mass is 10.1. The molecule has 1 heterocycles. The quantitative estimate of drug-likeness (QED) is 0.634. The summed E-state index contributed by atoms with van der Waals surface area (Å²) < 4.78 is 5.35. The molecule has 0 radical (unpaired) electrons. The van der Waals surface area contributed by atoms with Gasteiger partial charge in [0.1, 0.15) is 0 Å². The van der Waals surface area contributed by atoms with Gasteiger partial charge in [-0.15, -0.1) is 11.3 Å². The van der Waals surface area contributed by atoms with Crippen molar-refractivity contribution in [3.63, 3.8) is 0 Å². The predicted octanol–water partition coefficient (Wildman–Crippen LogP) is 3.20. The van der Waals surface area contributed by atoms with Crippen LogP contribution in [0.5, 0.6) is 0 Å². The molecule has 1 aromatic carbocycles. The third-order valence-electron chi connectivity index (χ3n) is 4.08. The molecule has 0 bridgehead atoms. The zero-order valence-electron chi connectivity index (χ0n) is 16.2. The highest BCUT2D eigenvalue weighted by Crippen LogP contribution is 2.21. The zero-order valence-corrected chi connectivity index (χ0v) is 17.0. The van der Waals surface area contributed by atoms with Gasteiger partial charge >= 0.3 is 0 Å². The van der Waals surface area contributed by atoms with Gasteiger partial charge in [-0.3, -0.25) is 9.59 Å². The Labute approximate surface area is 164 Å². The van der Waals surface area contributed by atoms with E-state index in [1.807, 2.05) is 51.1 Å². The van der Waals surface area contributed by atoms with E-state index in [0.717, 1.165) is 16.1 Å². The first-order valence-corrected chi connectivity index (χ1v) is 9.94. The largest absolute Gasteiger partial charge is 0.382 e. The number of thiazole rings is 1. The number of nitrogens with one attached hydrogen (secondary N) is 1. The van der Waals surface area contributed by atoms with Crippen molar-refractivity contribution >= 4 is 28.3 Å². The van der Waals surface area contributed by atoms with Gasteiger partial charge in [0.05, 0.1) is 18.7 Å². The van der Waals surface area contributed by atoms with Gasteiger partial charge in [0.25, 0.3) is 0 Å². The minimum Gasteiger partial charge on any atom is -0.382 e. The Morgan fingerprint density at radius 3 is 2.59 bits per heavy atom. The molecule has 0 unspecified atom stereocenters. The first kappa shape index (κ1) is 21.1. The number of aryl methyl sites for hydroxylation is 2. The van der Waals surface area contributed by atoms with Crippen molar-refractivity contribution in [2.45, 2.75) is 33.6 Å². The number of anilines is 1. The zero-order chi connectivity index (χ0) is 19.6. The molecule has 6 nitrogen and oxygen atoms in total. The summed E-state index contributed by atoms with van der Waals surface area (Å²) in [5.74, 6) is -0.305. The fourth-order valence-electron chi connectivity index (χ4n) is 2.53. The summed E-state index contributed by atoms with van der Waals surface area (Å²) in [6.07, 6.45) is 0.968. The Balaban J connectivity index is 1.97. The summed E-state index contributed by atoms with van der Waals surface area (Å²) in [6, 6.07) is 9.55. The third-order valence-corrected chi connectivity index (χ3v) is 5.07. The highest BCUT2D eigenvalue weighted by Gasteiger charge is 2.18. The van der Waals surface area contributed by atoms with E-state index in [9.17, 15) is 9.59 Å². The molecule has 2 rings (SSSR count). The molecule has 1 N–H and O–H groups in total. The van der Waals surface area contributed by atoms with Crippen LogP contribution in [0.2, 0.25) is 0 Å². The lowest BCUT2D eigenvalue weighted by molar-refractivity contribution is -0.134. The molecule has 0 atom stereocenters. The van der Waals surface area contributed by atoms with Gasteiger partial charge in [-0.2, -0.15) is 0 Å². The summed E-state index contributed by atoms with van der Waals surface area (Å²) in [5.41, 5.74) is 1.84. The van der Waals surface area contributed by atoms with E-state index in [1.165, 1.54) is 11.3 Å². The van der Waals surface area contributed by atoms with Crippen molar-refractivity contribution in [3.8, 4) is 0 Å². The van der Waals surface area contributed by atoms with E-state index in [2.05, 4.69) is 10.3 Å². The standard InChI is InChI=1S/C20H27N3O3S/c1-4-26-12-8-11-23(19(25)13-17-9-6-5-7-10-17)14-18(24)22-20-21-15(2)16(3)27-20/h5-7,9-10H,4,8,11-14H2,1-3H3,(H,21,22,24). The lowest BCUT2D eigenvalue weighted by Gasteiger charge is -2.22. The van der Waals surface area contributed by atoms with Crippen LogP contribution in [0.1, 0.15) is 29.5 Å². The summed E-state index contributed by atoms with van der Waals surface area (Å²) in [4.78, 5) is 32.1. The Morgan fingerprint density at radius 2 is 1.96 bits per heavy atom. The first-order chi connectivity index (χ1) is 13.0. The van der Waals surface area contributed by atoms with Gasteiger partial charge in [-0.1, -0.05) is 30.3 Å². The normalized spacial score (nSPS) is 10.6. The van der Waals surface area contributed by atoms with Crippen LogP contribution in [-0.2, 0) is 20.7 Å². The van der Waals surface area contributed by atoms with Crippen molar-refractivity contribution in [2.75, 3.05) is 31.6 Å². The molecular formula is C20H27N3O3S. The highest BCUT2D eigenvalue weighted by molar-refractivity contribution is 7.15. The molecule has 0 saturated carbocycles. The Kier molecular flexibility index (Phi) is 8.42. The fourth-order valence-corrected chi connectivity index (χ4v) is 3.37. The SMILES string of the molecule is CCOCCCN(CC(=O)Nc1nc(C)c(C)s1)C(=O)Cc1ccccc1. The van der Waals surface area contributed by atoms with Crippen LogP contribution in [0.4, 0.5) is 5.13 Å².